The molecule has 8 heteroatoms. The van der Waals surface area contributed by atoms with Crippen LogP contribution in [0.5, 0.6) is 0 Å². The maximum absolute atomic E-state index is 11.9. The molecule has 2 aliphatic carbocycles. The van der Waals surface area contributed by atoms with Gasteiger partial charge in [-0.15, -0.1) is 0 Å². The molecule has 0 aliphatic heterocycles. The Morgan fingerprint density at radius 1 is 1.36 bits per heavy atom. The van der Waals surface area contributed by atoms with Gasteiger partial charge in [-0.25, -0.2) is 9.67 Å². The first-order chi connectivity index (χ1) is 13.5. The molecule has 0 radical (unpaired) electrons. The molecule has 3 N–H and O–H groups in total. The number of carbonyl (C=O) groups is 1. The third-order valence-electron chi connectivity index (χ3n) is 6.09. The van der Waals surface area contributed by atoms with E-state index in [1.54, 1.807) is 12.3 Å². The number of aliphatic hydroxyl groups excluding tert-OH is 1. The smallest absolute Gasteiger partial charge is 0.267 e. The topological polar surface area (TPSA) is 109 Å². The van der Waals surface area contributed by atoms with Crippen molar-refractivity contribution in [2.45, 2.75) is 38.8 Å². The number of aliphatic hydroxyl groups is 1. The summed E-state index contributed by atoms with van der Waals surface area (Å²) in [6.45, 7) is 2.50. The Balaban J connectivity index is 1.44. The zero-order valence-corrected chi connectivity index (χ0v) is 15.9. The van der Waals surface area contributed by atoms with Crippen LogP contribution < -0.4 is 16.2 Å². The van der Waals surface area contributed by atoms with Crippen LogP contribution in [0.2, 0.25) is 0 Å². The van der Waals surface area contributed by atoms with E-state index in [9.17, 15) is 14.7 Å². The van der Waals surface area contributed by atoms with Crippen LogP contribution in [-0.4, -0.2) is 45.0 Å². The fraction of sp³-hybridized carbons (Fsp3) is 0.500. The molecule has 3 atom stereocenters. The van der Waals surface area contributed by atoms with E-state index in [1.165, 1.54) is 6.07 Å². The monoisotopic (exact) mass is 383 g/mol. The fourth-order valence-corrected chi connectivity index (χ4v) is 4.36. The summed E-state index contributed by atoms with van der Waals surface area (Å²) < 4.78 is 1.16. The number of nitrogens with zero attached hydrogens (tertiary/aromatic N) is 3. The highest BCUT2D eigenvalue weighted by Gasteiger charge is 2.59. The summed E-state index contributed by atoms with van der Waals surface area (Å²) in [6.07, 6.45) is 4.98. The number of hydrogen-bond acceptors (Lipinski definition) is 6. The van der Waals surface area contributed by atoms with Crippen molar-refractivity contribution in [3.05, 3.63) is 40.8 Å². The molecule has 0 spiro atoms. The van der Waals surface area contributed by atoms with Crippen molar-refractivity contribution >= 4 is 11.7 Å². The maximum atomic E-state index is 11.9. The van der Waals surface area contributed by atoms with Crippen molar-refractivity contribution in [1.29, 1.82) is 0 Å². The fourth-order valence-electron chi connectivity index (χ4n) is 4.36. The molecule has 2 saturated carbocycles. The van der Waals surface area contributed by atoms with Crippen LogP contribution in [-0.2, 0) is 11.3 Å². The second-order valence-electron chi connectivity index (χ2n) is 7.72. The molecule has 0 aromatic carbocycles. The highest BCUT2D eigenvalue weighted by atomic mass is 16.3. The first-order valence-corrected chi connectivity index (χ1v) is 9.73. The number of likely N-dealkylation sites (N-methyl/N-ethyl adjacent to an activating group) is 1. The van der Waals surface area contributed by atoms with E-state index >= 15 is 0 Å². The normalized spacial score (nSPS) is 25.2. The van der Waals surface area contributed by atoms with E-state index in [2.05, 4.69) is 20.7 Å². The van der Waals surface area contributed by atoms with Crippen LogP contribution in [0.1, 0.15) is 26.2 Å². The molecular weight excluding hydrogens is 358 g/mol. The van der Waals surface area contributed by atoms with Gasteiger partial charge in [-0.2, -0.15) is 5.10 Å². The molecule has 2 aliphatic rings. The third kappa shape index (κ3) is 3.28. The SMILES string of the molecule is CCNC(=O)Cn1nc(-c2ccc(NC3CC4(CO)CCC34)nc2)ccc1=O. The Bertz CT molecular complexity index is 922. The summed E-state index contributed by atoms with van der Waals surface area (Å²) in [5.41, 5.74) is 1.19. The largest absolute Gasteiger partial charge is 0.396 e. The number of fused-ring (bicyclic) bond motifs is 1. The van der Waals surface area contributed by atoms with Crippen LogP contribution in [0.15, 0.2) is 35.3 Å². The van der Waals surface area contributed by atoms with Gasteiger partial charge in [-0.3, -0.25) is 9.59 Å². The van der Waals surface area contributed by atoms with Gasteiger partial charge in [-0.1, -0.05) is 0 Å². The summed E-state index contributed by atoms with van der Waals surface area (Å²) >= 11 is 0. The standard InChI is InChI=1S/C20H25N5O3/c1-2-21-18(27)11-25-19(28)6-4-15(24-25)13-3-5-17(22-10-13)23-16-9-20(12-26)8-7-14(16)20/h3-6,10,14,16,26H,2,7-9,11-12H2,1H3,(H,21,27)(H,22,23). The highest BCUT2D eigenvalue weighted by Crippen LogP contribution is 2.61. The van der Waals surface area contributed by atoms with Crippen molar-refractivity contribution < 1.29 is 9.90 Å². The van der Waals surface area contributed by atoms with Gasteiger partial charge in [0.1, 0.15) is 12.4 Å². The van der Waals surface area contributed by atoms with Gasteiger partial charge < -0.3 is 15.7 Å². The summed E-state index contributed by atoms with van der Waals surface area (Å²) in [4.78, 5) is 28.2. The maximum Gasteiger partial charge on any atom is 0.267 e. The van der Waals surface area contributed by atoms with Gasteiger partial charge in [0.05, 0.1) is 5.69 Å². The number of amides is 1. The summed E-state index contributed by atoms with van der Waals surface area (Å²) in [6, 6.07) is 7.21. The Hall–Kier alpha value is -2.74. The highest BCUT2D eigenvalue weighted by molar-refractivity contribution is 5.75. The number of pyridine rings is 1. The first-order valence-electron chi connectivity index (χ1n) is 9.73. The molecular formula is C20H25N5O3. The lowest BCUT2D eigenvalue weighted by Crippen LogP contribution is -2.63. The van der Waals surface area contributed by atoms with E-state index in [0.29, 0.717) is 24.2 Å². The minimum Gasteiger partial charge on any atom is -0.396 e. The molecule has 2 fully saturated rings. The van der Waals surface area contributed by atoms with E-state index in [0.717, 1.165) is 35.3 Å². The molecule has 1 amide bonds. The molecule has 2 heterocycles. The molecule has 148 valence electrons. The van der Waals surface area contributed by atoms with Gasteiger partial charge in [0.25, 0.3) is 5.56 Å². The summed E-state index contributed by atoms with van der Waals surface area (Å²) in [7, 11) is 0. The number of aromatic nitrogens is 3. The number of rotatable bonds is 7. The lowest BCUT2D eigenvalue weighted by molar-refractivity contribution is -0.121. The molecule has 8 nitrogen and oxygen atoms in total. The second kappa shape index (κ2) is 7.35. The average Bonchev–Trinajstić information content (AvgIpc) is 2.67. The number of hydrogen-bond donors (Lipinski definition) is 3. The Kier molecular flexibility index (Phi) is 4.89. The van der Waals surface area contributed by atoms with Crippen molar-refractivity contribution in [3.63, 3.8) is 0 Å². The van der Waals surface area contributed by atoms with Gasteiger partial charge >= 0.3 is 0 Å². The number of anilines is 1. The molecule has 28 heavy (non-hydrogen) atoms. The number of nitrogens with one attached hydrogen (secondary N) is 2. The zero-order valence-electron chi connectivity index (χ0n) is 15.9. The van der Waals surface area contributed by atoms with Crippen molar-refractivity contribution in [2.75, 3.05) is 18.5 Å². The van der Waals surface area contributed by atoms with Gasteiger partial charge in [0, 0.05) is 42.4 Å². The molecule has 4 rings (SSSR count). The Labute approximate surface area is 163 Å². The molecule has 2 aromatic heterocycles. The zero-order chi connectivity index (χ0) is 19.7. The first kappa shape index (κ1) is 18.6. The molecule has 3 unspecified atom stereocenters. The van der Waals surface area contributed by atoms with Crippen LogP contribution >= 0.6 is 0 Å². The van der Waals surface area contributed by atoms with Crippen molar-refractivity contribution in [2.24, 2.45) is 11.3 Å². The molecule has 0 bridgehead atoms. The van der Waals surface area contributed by atoms with Crippen LogP contribution in [0.25, 0.3) is 11.3 Å². The number of carbonyl (C=O) groups excluding carboxylic acids is 1. The molecule has 0 saturated heterocycles. The van der Waals surface area contributed by atoms with Gasteiger partial charge in [0.2, 0.25) is 5.91 Å². The van der Waals surface area contributed by atoms with Crippen LogP contribution in [0.3, 0.4) is 0 Å². The summed E-state index contributed by atoms with van der Waals surface area (Å²) in [5.74, 6) is 1.09. The van der Waals surface area contributed by atoms with Crippen LogP contribution in [0, 0.1) is 11.3 Å². The van der Waals surface area contributed by atoms with E-state index in [4.69, 9.17) is 0 Å². The molecule has 2 aromatic rings. The van der Waals surface area contributed by atoms with Gasteiger partial charge in [-0.05, 0) is 50.3 Å². The lowest BCUT2D eigenvalue weighted by Gasteiger charge is -2.62. The minimum atomic E-state index is -0.320. The van der Waals surface area contributed by atoms with E-state index < -0.39 is 0 Å². The average molecular weight is 383 g/mol. The van der Waals surface area contributed by atoms with Crippen molar-refractivity contribution in [1.82, 2.24) is 20.1 Å². The van der Waals surface area contributed by atoms with Gasteiger partial charge in [0.15, 0.2) is 0 Å². The third-order valence-corrected chi connectivity index (χ3v) is 6.09. The predicted molar refractivity (Wildman–Crippen MR) is 105 cm³/mol. The summed E-state index contributed by atoms with van der Waals surface area (Å²) in [5, 5.41) is 19.9. The van der Waals surface area contributed by atoms with E-state index in [1.807, 2.05) is 19.1 Å². The Morgan fingerprint density at radius 2 is 2.21 bits per heavy atom. The predicted octanol–water partition coefficient (Wildman–Crippen LogP) is 1.01. The quantitative estimate of drug-likeness (QED) is 0.659. The second-order valence-corrected chi connectivity index (χ2v) is 7.72. The Morgan fingerprint density at radius 3 is 2.82 bits per heavy atom. The minimum absolute atomic E-state index is 0.108. The lowest BCUT2D eigenvalue weighted by atomic mass is 9.45. The van der Waals surface area contributed by atoms with Crippen molar-refractivity contribution in [3.8, 4) is 11.3 Å². The van der Waals surface area contributed by atoms with E-state index in [-0.39, 0.29) is 30.0 Å². The van der Waals surface area contributed by atoms with Crippen LogP contribution in [0.4, 0.5) is 5.82 Å².